The molecule has 2 nitrogen and oxygen atoms in total. The summed E-state index contributed by atoms with van der Waals surface area (Å²) in [5.41, 5.74) is 9.93. The molecule has 0 amide bonds. The number of para-hydroxylation sites is 2. The van der Waals surface area contributed by atoms with Crippen LogP contribution in [0.15, 0.2) is 42.5 Å². The van der Waals surface area contributed by atoms with Crippen molar-refractivity contribution in [3.05, 3.63) is 59.4 Å². The van der Waals surface area contributed by atoms with Crippen molar-refractivity contribution in [3.63, 3.8) is 0 Å². The lowest BCUT2D eigenvalue weighted by atomic mass is 9.94. The first-order valence-electron chi connectivity index (χ1n) is 7.50. The minimum absolute atomic E-state index is 0.197. The number of hydrogen-bond acceptors (Lipinski definition) is 2. The minimum Gasteiger partial charge on any atom is -0.336 e. The number of rotatable bonds is 2. The molecule has 21 heavy (non-hydrogen) atoms. The maximum atomic E-state index is 14.6. The molecule has 0 fully saturated rings. The van der Waals surface area contributed by atoms with E-state index >= 15 is 0 Å². The summed E-state index contributed by atoms with van der Waals surface area (Å²) >= 11 is 0. The SMILES string of the molecule is CC(N)c1cccc(F)c1N1c2ccccc2CCC1C. The second-order valence-corrected chi connectivity index (χ2v) is 5.85. The number of nitrogens with zero attached hydrogens (tertiary/aromatic N) is 1. The van der Waals surface area contributed by atoms with Crippen molar-refractivity contribution in [3.8, 4) is 0 Å². The fraction of sp³-hybridized carbons (Fsp3) is 0.333. The molecule has 3 rings (SSSR count). The molecule has 0 saturated carbocycles. The number of halogens is 1. The van der Waals surface area contributed by atoms with E-state index in [2.05, 4.69) is 24.0 Å². The van der Waals surface area contributed by atoms with Gasteiger partial charge in [0.2, 0.25) is 0 Å². The van der Waals surface area contributed by atoms with Gasteiger partial charge in [-0.2, -0.15) is 0 Å². The van der Waals surface area contributed by atoms with Gasteiger partial charge in [-0.1, -0.05) is 30.3 Å². The van der Waals surface area contributed by atoms with Gasteiger partial charge >= 0.3 is 0 Å². The van der Waals surface area contributed by atoms with Crippen LogP contribution in [0.25, 0.3) is 0 Å². The highest BCUT2D eigenvalue weighted by Crippen LogP contribution is 2.40. The maximum Gasteiger partial charge on any atom is 0.147 e. The molecule has 2 atom stereocenters. The molecule has 110 valence electrons. The van der Waals surface area contributed by atoms with Gasteiger partial charge in [-0.05, 0) is 49.9 Å². The number of aryl methyl sites for hydroxylation is 1. The van der Waals surface area contributed by atoms with Crippen molar-refractivity contribution in [1.29, 1.82) is 0 Å². The van der Waals surface area contributed by atoms with Gasteiger partial charge in [0.25, 0.3) is 0 Å². The lowest BCUT2D eigenvalue weighted by Gasteiger charge is -2.38. The standard InChI is InChI=1S/C18H21FN2/c1-12-10-11-14-6-3-4-9-17(14)21(12)18-15(13(2)20)7-5-8-16(18)19/h3-9,12-13H,10-11,20H2,1-2H3. The molecule has 1 aliphatic rings. The Labute approximate surface area is 125 Å². The minimum atomic E-state index is -0.201. The molecule has 0 radical (unpaired) electrons. The van der Waals surface area contributed by atoms with Crippen LogP contribution in [0, 0.1) is 5.82 Å². The van der Waals surface area contributed by atoms with Gasteiger partial charge in [0, 0.05) is 17.8 Å². The smallest absolute Gasteiger partial charge is 0.147 e. The van der Waals surface area contributed by atoms with Gasteiger partial charge in [-0.3, -0.25) is 0 Å². The molecule has 2 aromatic rings. The first-order valence-corrected chi connectivity index (χ1v) is 7.50. The van der Waals surface area contributed by atoms with E-state index in [-0.39, 0.29) is 17.9 Å². The van der Waals surface area contributed by atoms with E-state index in [9.17, 15) is 4.39 Å². The van der Waals surface area contributed by atoms with Gasteiger partial charge in [0.1, 0.15) is 5.82 Å². The summed E-state index contributed by atoms with van der Waals surface area (Å²) in [5, 5.41) is 0. The molecule has 0 spiro atoms. The van der Waals surface area contributed by atoms with Crippen LogP contribution in [0.2, 0.25) is 0 Å². The summed E-state index contributed by atoms with van der Waals surface area (Å²) in [6.45, 7) is 4.05. The van der Waals surface area contributed by atoms with Crippen molar-refractivity contribution in [2.24, 2.45) is 5.73 Å². The average Bonchev–Trinajstić information content (AvgIpc) is 2.47. The van der Waals surface area contributed by atoms with E-state index in [0.29, 0.717) is 5.69 Å². The third kappa shape index (κ3) is 2.42. The highest BCUT2D eigenvalue weighted by molar-refractivity contribution is 5.72. The zero-order chi connectivity index (χ0) is 15.0. The zero-order valence-corrected chi connectivity index (χ0v) is 12.5. The van der Waals surface area contributed by atoms with Crippen molar-refractivity contribution < 1.29 is 4.39 Å². The third-order valence-corrected chi connectivity index (χ3v) is 4.27. The Morgan fingerprint density at radius 3 is 2.71 bits per heavy atom. The first-order chi connectivity index (χ1) is 10.1. The molecule has 2 unspecified atom stereocenters. The van der Waals surface area contributed by atoms with Gasteiger partial charge in [-0.15, -0.1) is 0 Å². The Morgan fingerprint density at radius 2 is 1.95 bits per heavy atom. The third-order valence-electron chi connectivity index (χ3n) is 4.27. The topological polar surface area (TPSA) is 29.3 Å². The van der Waals surface area contributed by atoms with E-state index in [1.807, 2.05) is 25.1 Å². The number of fused-ring (bicyclic) bond motifs is 1. The van der Waals surface area contributed by atoms with Crippen LogP contribution in [0.4, 0.5) is 15.8 Å². The summed E-state index contributed by atoms with van der Waals surface area (Å²) in [6, 6.07) is 13.5. The Hall–Kier alpha value is -1.87. The normalized spacial score (nSPS) is 19.2. The predicted octanol–water partition coefficient (Wildman–Crippen LogP) is 4.32. The Morgan fingerprint density at radius 1 is 1.19 bits per heavy atom. The highest BCUT2D eigenvalue weighted by Gasteiger charge is 2.28. The summed E-state index contributed by atoms with van der Waals surface area (Å²) in [4.78, 5) is 2.12. The van der Waals surface area contributed by atoms with Crippen LogP contribution in [0.3, 0.4) is 0 Å². The van der Waals surface area contributed by atoms with Crippen LogP contribution >= 0.6 is 0 Å². The molecule has 2 N–H and O–H groups in total. The van der Waals surface area contributed by atoms with E-state index in [0.717, 1.165) is 24.1 Å². The van der Waals surface area contributed by atoms with E-state index in [4.69, 9.17) is 5.73 Å². The number of anilines is 2. The van der Waals surface area contributed by atoms with Crippen LogP contribution in [-0.2, 0) is 6.42 Å². The summed E-state index contributed by atoms with van der Waals surface area (Å²) in [7, 11) is 0. The molecule has 3 heteroatoms. The molecule has 0 aromatic heterocycles. The molecular formula is C18H21FN2. The second-order valence-electron chi connectivity index (χ2n) is 5.85. The molecule has 0 aliphatic carbocycles. The summed E-state index contributed by atoms with van der Waals surface area (Å²) < 4.78 is 14.6. The summed E-state index contributed by atoms with van der Waals surface area (Å²) in [6.07, 6.45) is 2.06. The molecule has 1 aliphatic heterocycles. The number of hydrogen-bond donors (Lipinski definition) is 1. The molecule has 2 aromatic carbocycles. The van der Waals surface area contributed by atoms with Crippen LogP contribution in [0.1, 0.15) is 37.4 Å². The van der Waals surface area contributed by atoms with Gasteiger partial charge in [0.15, 0.2) is 0 Å². The molecule has 1 heterocycles. The van der Waals surface area contributed by atoms with Crippen molar-refractivity contribution in [2.75, 3.05) is 4.90 Å². The van der Waals surface area contributed by atoms with Crippen molar-refractivity contribution >= 4 is 11.4 Å². The Kier molecular flexibility index (Phi) is 3.68. The number of benzene rings is 2. The fourth-order valence-corrected chi connectivity index (χ4v) is 3.18. The van der Waals surface area contributed by atoms with Crippen LogP contribution in [-0.4, -0.2) is 6.04 Å². The monoisotopic (exact) mass is 284 g/mol. The van der Waals surface area contributed by atoms with Gasteiger partial charge < -0.3 is 10.6 Å². The van der Waals surface area contributed by atoms with Gasteiger partial charge in [-0.25, -0.2) is 4.39 Å². The second kappa shape index (κ2) is 5.49. The maximum absolute atomic E-state index is 14.6. The summed E-state index contributed by atoms with van der Waals surface area (Å²) in [5.74, 6) is -0.201. The van der Waals surface area contributed by atoms with Crippen LogP contribution in [0.5, 0.6) is 0 Å². The molecular weight excluding hydrogens is 263 g/mol. The largest absolute Gasteiger partial charge is 0.336 e. The quantitative estimate of drug-likeness (QED) is 0.890. The van der Waals surface area contributed by atoms with E-state index < -0.39 is 0 Å². The van der Waals surface area contributed by atoms with Crippen molar-refractivity contribution in [2.45, 2.75) is 38.8 Å². The fourth-order valence-electron chi connectivity index (χ4n) is 3.18. The zero-order valence-electron chi connectivity index (χ0n) is 12.5. The lowest BCUT2D eigenvalue weighted by molar-refractivity contribution is 0.578. The van der Waals surface area contributed by atoms with E-state index in [1.165, 1.54) is 11.6 Å². The molecule has 0 bridgehead atoms. The Balaban J connectivity index is 2.21. The highest BCUT2D eigenvalue weighted by atomic mass is 19.1. The first kappa shape index (κ1) is 14.1. The number of nitrogens with two attached hydrogens (primary N) is 1. The Bertz CT molecular complexity index is 651. The van der Waals surface area contributed by atoms with Gasteiger partial charge in [0.05, 0.1) is 5.69 Å². The lowest BCUT2D eigenvalue weighted by Crippen LogP contribution is -2.35. The average molecular weight is 284 g/mol. The van der Waals surface area contributed by atoms with Crippen LogP contribution < -0.4 is 10.6 Å². The predicted molar refractivity (Wildman–Crippen MR) is 85.4 cm³/mol. The molecule has 0 saturated heterocycles. The van der Waals surface area contributed by atoms with E-state index in [1.54, 1.807) is 6.07 Å². The van der Waals surface area contributed by atoms with Crippen molar-refractivity contribution in [1.82, 2.24) is 0 Å².